The number of aliphatic carboxylic acids is 1. The predicted octanol–water partition coefficient (Wildman–Crippen LogP) is 0.789. The highest BCUT2D eigenvalue weighted by molar-refractivity contribution is 7.99. The van der Waals surface area contributed by atoms with Gasteiger partial charge in [-0.3, -0.25) is 4.79 Å². The largest absolute Gasteiger partial charge is 0.481 e. The van der Waals surface area contributed by atoms with Crippen LogP contribution < -0.4 is 5.73 Å². The van der Waals surface area contributed by atoms with Gasteiger partial charge in [-0.2, -0.15) is 11.8 Å². The number of carboxylic acid groups (broad SMARTS) is 1. The fraction of sp³-hybridized carbons (Fsp3) is 0.875. The van der Waals surface area contributed by atoms with Crippen molar-refractivity contribution in [3.05, 3.63) is 0 Å². The summed E-state index contributed by atoms with van der Waals surface area (Å²) in [6.07, 6.45) is 1.74. The van der Waals surface area contributed by atoms with Crippen molar-refractivity contribution in [2.45, 2.75) is 12.8 Å². The van der Waals surface area contributed by atoms with E-state index in [9.17, 15) is 4.79 Å². The van der Waals surface area contributed by atoms with E-state index in [4.69, 9.17) is 10.8 Å². The molecule has 1 rings (SSSR count). The molecule has 0 amide bonds. The van der Waals surface area contributed by atoms with E-state index in [1.165, 1.54) is 0 Å². The molecule has 0 aliphatic carbocycles. The summed E-state index contributed by atoms with van der Waals surface area (Å²) in [7, 11) is 0. The molecule has 70 valence electrons. The van der Waals surface area contributed by atoms with Gasteiger partial charge >= 0.3 is 5.97 Å². The van der Waals surface area contributed by atoms with Crippen LogP contribution in [-0.4, -0.2) is 29.1 Å². The van der Waals surface area contributed by atoms with Crippen molar-refractivity contribution in [1.29, 1.82) is 0 Å². The van der Waals surface area contributed by atoms with Crippen molar-refractivity contribution in [2.24, 2.45) is 17.6 Å². The van der Waals surface area contributed by atoms with Gasteiger partial charge in [0.15, 0.2) is 0 Å². The normalized spacial score (nSPS) is 31.1. The average Bonchev–Trinajstić information content (AvgIpc) is 2.27. The number of hydrogen-bond acceptors (Lipinski definition) is 3. The van der Waals surface area contributed by atoms with Crippen LogP contribution >= 0.6 is 11.8 Å². The number of carbonyl (C=O) groups is 1. The smallest absolute Gasteiger partial charge is 0.306 e. The number of rotatable bonds is 2. The number of nitrogens with two attached hydrogens (primary N) is 1. The molecule has 0 saturated carbocycles. The second kappa shape index (κ2) is 4.72. The van der Waals surface area contributed by atoms with E-state index in [0.717, 1.165) is 24.3 Å². The second-order valence-electron chi connectivity index (χ2n) is 3.13. The van der Waals surface area contributed by atoms with Gasteiger partial charge in [0.2, 0.25) is 0 Å². The molecule has 0 spiro atoms. The van der Waals surface area contributed by atoms with Crippen LogP contribution in [0.2, 0.25) is 0 Å². The Hall–Kier alpha value is -0.220. The third-order valence-corrected chi connectivity index (χ3v) is 3.44. The second-order valence-corrected chi connectivity index (χ2v) is 4.35. The molecule has 2 unspecified atom stereocenters. The molecule has 1 heterocycles. The quantitative estimate of drug-likeness (QED) is 0.674. The lowest BCUT2D eigenvalue weighted by Crippen LogP contribution is -2.29. The van der Waals surface area contributed by atoms with Gasteiger partial charge in [-0.05, 0) is 36.8 Å². The minimum atomic E-state index is -0.673. The number of hydrogen-bond donors (Lipinski definition) is 2. The Morgan fingerprint density at radius 3 is 2.75 bits per heavy atom. The highest BCUT2D eigenvalue weighted by Crippen LogP contribution is 2.27. The van der Waals surface area contributed by atoms with Crippen molar-refractivity contribution >= 4 is 17.7 Å². The molecule has 1 aliphatic rings. The van der Waals surface area contributed by atoms with E-state index >= 15 is 0 Å². The van der Waals surface area contributed by atoms with E-state index in [-0.39, 0.29) is 11.8 Å². The molecule has 3 N–H and O–H groups in total. The van der Waals surface area contributed by atoms with Crippen molar-refractivity contribution in [2.75, 3.05) is 18.1 Å². The number of carboxylic acids is 1. The first kappa shape index (κ1) is 9.86. The topological polar surface area (TPSA) is 63.3 Å². The van der Waals surface area contributed by atoms with Gasteiger partial charge in [0.05, 0.1) is 5.92 Å². The summed E-state index contributed by atoms with van der Waals surface area (Å²) in [4.78, 5) is 10.8. The van der Waals surface area contributed by atoms with Crippen LogP contribution in [-0.2, 0) is 4.79 Å². The Balaban J connectivity index is 2.57. The average molecular weight is 189 g/mol. The third-order valence-electron chi connectivity index (χ3n) is 2.40. The van der Waals surface area contributed by atoms with Crippen molar-refractivity contribution < 1.29 is 9.90 Å². The van der Waals surface area contributed by atoms with E-state index in [1.54, 1.807) is 0 Å². The molecule has 1 saturated heterocycles. The van der Waals surface area contributed by atoms with E-state index in [1.807, 2.05) is 11.8 Å². The monoisotopic (exact) mass is 189 g/mol. The predicted molar refractivity (Wildman–Crippen MR) is 50.2 cm³/mol. The molecule has 12 heavy (non-hydrogen) atoms. The summed E-state index contributed by atoms with van der Waals surface area (Å²) in [6.45, 7) is 0.511. The Morgan fingerprint density at radius 2 is 2.17 bits per heavy atom. The highest BCUT2D eigenvalue weighted by Gasteiger charge is 2.28. The molecular formula is C8H15NO2S. The van der Waals surface area contributed by atoms with Gasteiger partial charge in [-0.15, -0.1) is 0 Å². The fourth-order valence-corrected chi connectivity index (χ4v) is 2.69. The van der Waals surface area contributed by atoms with Gasteiger partial charge < -0.3 is 10.8 Å². The zero-order valence-corrected chi connectivity index (χ0v) is 7.85. The summed E-state index contributed by atoms with van der Waals surface area (Å²) >= 11 is 1.84. The standard InChI is InChI=1S/C8H15NO2S/c9-5-6-1-3-12-4-2-7(6)8(10)11/h6-7H,1-5,9H2,(H,10,11). The van der Waals surface area contributed by atoms with Gasteiger partial charge in [-0.25, -0.2) is 0 Å². The van der Waals surface area contributed by atoms with Gasteiger partial charge in [0.1, 0.15) is 0 Å². The lowest BCUT2D eigenvalue weighted by molar-refractivity contribution is -0.143. The Kier molecular flexibility index (Phi) is 3.88. The fourth-order valence-electron chi connectivity index (χ4n) is 1.59. The Morgan fingerprint density at radius 1 is 1.50 bits per heavy atom. The maximum atomic E-state index is 10.8. The molecule has 0 radical (unpaired) electrons. The van der Waals surface area contributed by atoms with E-state index in [0.29, 0.717) is 6.54 Å². The van der Waals surface area contributed by atoms with Crippen molar-refractivity contribution in [1.82, 2.24) is 0 Å². The highest BCUT2D eigenvalue weighted by atomic mass is 32.2. The van der Waals surface area contributed by atoms with Crippen LogP contribution in [0.15, 0.2) is 0 Å². The summed E-state index contributed by atoms with van der Waals surface area (Å²) in [5.41, 5.74) is 5.53. The first-order valence-corrected chi connectivity index (χ1v) is 5.41. The van der Waals surface area contributed by atoms with Gasteiger partial charge in [-0.1, -0.05) is 0 Å². The molecule has 0 aromatic carbocycles. The van der Waals surface area contributed by atoms with Crippen molar-refractivity contribution in [3.8, 4) is 0 Å². The molecule has 1 fully saturated rings. The molecule has 4 heteroatoms. The van der Waals surface area contributed by atoms with Crippen LogP contribution in [0.5, 0.6) is 0 Å². The summed E-state index contributed by atoms with van der Waals surface area (Å²) in [6, 6.07) is 0. The van der Waals surface area contributed by atoms with Gasteiger partial charge in [0, 0.05) is 0 Å². The molecular weight excluding hydrogens is 174 g/mol. The lowest BCUT2D eigenvalue weighted by atomic mass is 9.88. The van der Waals surface area contributed by atoms with Crippen molar-refractivity contribution in [3.63, 3.8) is 0 Å². The third kappa shape index (κ3) is 2.38. The minimum Gasteiger partial charge on any atom is -0.481 e. The number of thioether (sulfide) groups is 1. The minimum absolute atomic E-state index is 0.192. The Bertz CT molecular complexity index is 163. The molecule has 0 aromatic heterocycles. The van der Waals surface area contributed by atoms with Crippen LogP contribution in [0.25, 0.3) is 0 Å². The molecule has 2 atom stereocenters. The molecule has 0 bridgehead atoms. The van der Waals surface area contributed by atoms with Crippen LogP contribution in [0.1, 0.15) is 12.8 Å². The first-order valence-electron chi connectivity index (χ1n) is 4.26. The molecule has 3 nitrogen and oxygen atoms in total. The van der Waals surface area contributed by atoms with Crippen LogP contribution in [0, 0.1) is 11.8 Å². The van der Waals surface area contributed by atoms with Gasteiger partial charge in [0.25, 0.3) is 0 Å². The zero-order valence-electron chi connectivity index (χ0n) is 7.03. The van der Waals surface area contributed by atoms with Crippen LogP contribution in [0.3, 0.4) is 0 Å². The van der Waals surface area contributed by atoms with E-state index < -0.39 is 5.97 Å². The first-order chi connectivity index (χ1) is 5.75. The summed E-state index contributed by atoms with van der Waals surface area (Å²) in [5.74, 6) is 1.34. The maximum Gasteiger partial charge on any atom is 0.306 e. The summed E-state index contributed by atoms with van der Waals surface area (Å²) in [5, 5.41) is 8.90. The maximum absolute atomic E-state index is 10.8. The lowest BCUT2D eigenvalue weighted by Gasteiger charge is -2.18. The molecule has 0 aromatic rings. The van der Waals surface area contributed by atoms with Crippen LogP contribution in [0.4, 0.5) is 0 Å². The van der Waals surface area contributed by atoms with E-state index in [2.05, 4.69) is 0 Å². The Labute approximate surface area is 76.7 Å². The summed E-state index contributed by atoms with van der Waals surface area (Å²) < 4.78 is 0. The molecule has 1 aliphatic heterocycles. The SMILES string of the molecule is NCC1CCSCCC1C(=O)O. The zero-order chi connectivity index (χ0) is 8.97.